The highest BCUT2D eigenvalue weighted by Crippen LogP contribution is 2.40. The predicted octanol–water partition coefficient (Wildman–Crippen LogP) is 4.15. The lowest BCUT2D eigenvalue weighted by molar-refractivity contribution is -0.128. The summed E-state index contributed by atoms with van der Waals surface area (Å²) in [4.78, 5) is 29.5. The highest BCUT2D eigenvalue weighted by molar-refractivity contribution is 7.80. The molecule has 1 saturated heterocycles. The van der Waals surface area contributed by atoms with Crippen molar-refractivity contribution in [3.8, 4) is 11.1 Å². The summed E-state index contributed by atoms with van der Waals surface area (Å²) in [6, 6.07) is 9.84. The van der Waals surface area contributed by atoms with Crippen LogP contribution in [0.25, 0.3) is 11.1 Å². The van der Waals surface area contributed by atoms with E-state index in [1.54, 1.807) is 13.8 Å². The van der Waals surface area contributed by atoms with Crippen molar-refractivity contribution in [2.24, 2.45) is 0 Å². The molecule has 30 heavy (non-hydrogen) atoms. The Bertz CT molecular complexity index is 927. The lowest BCUT2D eigenvalue weighted by Gasteiger charge is -2.24. The normalized spacial score (nSPS) is 14.2. The molecule has 0 atom stereocenters. The lowest BCUT2D eigenvalue weighted by atomic mass is 10.0. The van der Waals surface area contributed by atoms with Crippen LogP contribution in [0.2, 0.25) is 0 Å². The Balaban J connectivity index is 1.87. The molecule has 0 spiro atoms. The number of benzene rings is 1. The molecule has 8 heteroatoms. The quantitative estimate of drug-likeness (QED) is 0.564. The number of rotatable bonds is 4. The van der Waals surface area contributed by atoms with Crippen molar-refractivity contribution < 1.29 is 14.3 Å². The molecule has 1 aromatic carbocycles. The largest absolute Gasteiger partial charge is 0.462 e. The number of hydrogen-bond donors (Lipinski definition) is 1. The van der Waals surface area contributed by atoms with E-state index in [0.29, 0.717) is 35.4 Å². The van der Waals surface area contributed by atoms with Gasteiger partial charge in [-0.2, -0.15) is 0 Å². The average Bonchev–Trinajstić information content (AvgIpc) is 2.89. The van der Waals surface area contributed by atoms with Gasteiger partial charge in [0.2, 0.25) is 5.91 Å². The van der Waals surface area contributed by atoms with E-state index in [9.17, 15) is 9.59 Å². The smallest absolute Gasteiger partial charge is 0.341 e. The van der Waals surface area contributed by atoms with Crippen molar-refractivity contribution in [1.82, 2.24) is 9.80 Å². The van der Waals surface area contributed by atoms with E-state index in [1.165, 1.54) is 11.3 Å². The predicted molar refractivity (Wildman–Crippen MR) is 125 cm³/mol. The molecule has 160 valence electrons. The van der Waals surface area contributed by atoms with Crippen LogP contribution in [-0.2, 0) is 9.53 Å². The number of nitrogens with zero attached hydrogens (tertiary/aromatic N) is 2. The second-order valence-corrected chi connectivity index (χ2v) is 8.71. The summed E-state index contributed by atoms with van der Waals surface area (Å²) in [6.07, 6.45) is 0.852. The first kappa shape index (κ1) is 22.2. The molecule has 1 aliphatic rings. The number of carbonyl (C=O) groups is 2. The van der Waals surface area contributed by atoms with E-state index in [4.69, 9.17) is 17.0 Å². The minimum atomic E-state index is -0.357. The zero-order valence-electron chi connectivity index (χ0n) is 17.6. The van der Waals surface area contributed by atoms with Crippen LogP contribution in [0.15, 0.2) is 30.3 Å². The van der Waals surface area contributed by atoms with Gasteiger partial charge in [0.15, 0.2) is 5.11 Å². The number of carbonyl (C=O) groups excluding carboxylic acids is 2. The van der Waals surface area contributed by atoms with Gasteiger partial charge >= 0.3 is 5.97 Å². The molecular formula is C22H27N3O3S2. The summed E-state index contributed by atoms with van der Waals surface area (Å²) in [5.74, 6) is -0.272. The van der Waals surface area contributed by atoms with Crippen LogP contribution in [0.3, 0.4) is 0 Å². The molecule has 0 radical (unpaired) electrons. The van der Waals surface area contributed by atoms with Crippen LogP contribution in [0.1, 0.15) is 35.5 Å². The first-order chi connectivity index (χ1) is 14.4. The SMILES string of the molecule is CCOC(=O)c1c(NC(=S)N2CCCN(C(C)=O)CC2)sc(C)c1-c1ccccc1. The van der Waals surface area contributed by atoms with Crippen molar-refractivity contribution >= 4 is 45.5 Å². The van der Waals surface area contributed by atoms with E-state index < -0.39 is 0 Å². The Kier molecular flexibility index (Phi) is 7.44. The van der Waals surface area contributed by atoms with Crippen LogP contribution in [0.5, 0.6) is 0 Å². The molecule has 0 bridgehead atoms. The maximum absolute atomic E-state index is 12.8. The first-order valence-electron chi connectivity index (χ1n) is 10.1. The molecule has 1 aromatic heterocycles. The highest BCUT2D eigenvalue weighted by atomic mass is 32.1. The summed E-state index contributed by atoms with van der Waals surface area (Å²) < 4.78 is 5.36. The van der Waals surface area contributed by atoms with Crippen molar-refractivity contribution in [2.75, 3.05) is 38.1 Å². The third-order valence-corrected chi connectivity index (χ3v) is 6.46. The molecule has 3 rings (SSSR count). The van der Waals surface area contributed by atoms with Crippen molar-refractivity contribution in [1.29, 1.82) is 0 Å². The van der Waals surface area contributed by atoms with Gasteiger partial charge in [-0.1, -0.05) is 30.3 Å². The molecule has 0 aliphatic carbocycles. The summed E-state index contributed by atoms with van der Waals surface area (Å²) in [5, 5.41) is 4.55. The third kappa shape index (κ3) is 4.99. The number of thiocarbonyl (C=S) groups is 1. The van der Waals surface area contributed by atoms with Crippen molar-refractivity contribution in [3.05, 3.63) is 40.8 Å². The van der Waals surface area contributed by atoms with E-state index in [0.717, 1.165) is 35.5 Å². The topological polar surface area (TPSA) is 61.9 Å². The maximum atomic E-state index is 12.8. The van der Waals surface area contributed by atoms with Gasteiger partial charge in [0.1, 0.15) is 10.6 Å². The van der Waals surface area contributed by atoms with E-state index in [1.807, 2.05) is 42.2 Å². The van der Waals surface area contributed by atoms with Crippen LogP contribution >= 0.6 is 23.6 Å². The fourth-order valence-electron chi connectivity index (χ4n) is 3.59. The Hall–Kier alpha value is -2.45. The standard InChI is InChI=1S/C22H27N3O3S2/c1-4-28-21(27)19-18(17-9-6-5-7-10-17)15(2)30-20(19)23-22(29)25-12-8-11-24(13-14-25)16(3)26/h5-7,9-10H,4,8,11-14H2,1-3H3,(H,23,29). The van der Waals surface area contributed by atoms with Gasteiger partial charge in [-0.3, -0.25) is 4.79 Å². The van der Waals surface area contributed by atoms with Crippen molar-refractivity contribution in [3.63, 3.8) is 0 Å². The zero-order chi connectivity index (χ0) is 21.7. The Morgan fingerprint density at radius 3 is 2.47 bits per heavy atom. The molecule has 1 fully saturated rings. The Labute approximate surface area is 186 Å². The van der Waals surface area contributed by atoms with Crippen LogP contribution in [0, 0.1) is 6.92 Å². The fraction of sp³-hybridized carbons (Fsp3) is 0.409. The van der Waals surface area contributed by atoms with E-state index in [-0.39, 0.29) is 11.9 Å². The van der Waals surface area contributed by atoms with Gasteiger partial charge in [0.25, 0.3) is 0 Å². The second kappa shape index (κ2) is 10.0. The number of amides is 1. The number of thiophene rings is 1. The van der Waals surface area contributed by atoms with E-state index in [2.05, 4.69) is 10.2 Å². The molecule has 0 saturated carbocycles. The van der Waals surface area contributed by atoms with Crippen LogP contribution in [-0.4, -0.2) is 59.6 Å². The minimum absolute atomic E-state index is 0.0849. The van der Waals surface area contributed by atoms with Gasteiger partial charge in [-0.15, -0.1) is 11.3 Å². The van der Waals surface area contributed by atoms with E-state index >= 15 is 0 Å². The Morgan fingerprint density at radius 2 is 1.80 bits per heavy atom. The van der Waals surface area contributed by atoms with Crippen LogP contribution < -0.4 is 5.32 Å². The zero-order valence-corrected chi connectivity index (χ0v) is 19.2. The van der Waals surface area contributed by atoms with Gasteiger partial charge in [-0.05, 0) is 38.0 Å². The summed E-state index contributed by atoms with van der Waals surface area (Å²) in [7, 11) is 0. The summed E-state index contributed by atoms with van der Waals surface area (Å²) >= 11 is 7.17. The van der Waals surface area contributed by atoms with Gasteiger partial charge in [0, 0.05) is 43.5 Å². The number of hydrogen-bond acceptors (Lipinski definition) is 5. The van der Waals surface area contributed by atoms with Crippen LogP contribution in [0.4, 0.5) is 5.00 Å². The van der Waals surface area contributed by atoms with Crippen molar-refractivity contribution in [2.45, 2.75) is 27.2 Å². The first-order valence-corrected chi connectivity index (χ1v) is 11.3. The average molecular weight is 446 g/mol. The monoisotopic (exact) mass is 445 g/mol. The van der Waals surface area contributed by atoms with Gasteiger partial charge < -0.3 is 19.9 Å². The summed E-state index contributed by atoms with van der Waals surface area (Å²) in [6.45, 7) is 8.50. The third-order valence-electron chi connectivity index (χ3n) is 5.08. The fourth-order valence-corrected chi connectivity index (χ4v) is 5.01. The lowest BCUT2D eigenvalue weighted by Crippen LogP contribution is -2.38. The molecule has 0 unspecified atom stereocenters. The number of ether oxygens (including phenoxy) is 1. The second-order valence-electron chi connectivity index (χ2n) is 7.10. The number of esters is 1. The molecule has 1 N–H and O–H groups in total. The van der Waals surface area contributed by atoms with Gasteiger partial charge in [0.05, 0.1) is 6.61 Å². The number of nitrogens with one attached hydrogen (secondary N) is 1. The Morgan fingerprint density at radius 1 is 1.13 bits per heavy atom. The molecule has 1 aliphatic heterocycles. The highest BCUT2D eigenvalue weighted by Gasteiger charge is 2.26. The number of aryl methyl sites for hydroxylation is 1. The maximum Gasteiger partial charge on any atom is 0.341 e. The molecular weight excluding hydrogens is 418 g/mol. The molecule has 2 heterocycles. The molecule has 1 amide bonds. The van der Waals surface area contributed by atoms with Gasteiger partial charge in [-0.25, -0.2) is 4.79 Å². The molecule has 6 nitrogen and oxygen atoms in total. The summed E-state index contributed by atoms with van der Waals surface area (Å²) in [5.41, 5.74) is 2.37. The molecule has 2 aromatic rings. The minimum Gasteiger partial charge on any atom is -0.462 e. The number of anilines is 1.